The zero-order valence-electron chi connectivity index (χ0n) is 19.3. The molecule has 0 unspecified atom stereocenters. The van der Waals surface area contributed by atoms with Crippen LogP contribution in [0.2, 0.25) is 5.02 Å². The highest BCUT2D eigenvalue weighted by molar-refractivity contribution is 9.10. The lowest BCUT2D eigenvalue weighted by molar-refractivity contribution is 0.0219. The van der Waals surface area contributed by atoms with Crippen LogP contribution in [-0.4, -0.2) is 78.0 Å². The minimum absolute atomic E-state index is 0.125. The van der Waals surface area contributed by atoms with Crippen molar-refractivity contribution >= 4 is 71.9 Å². The fourth-order valence-electron chi connectivity index (χ4n) is 4.25. The van der Waals surface area contributed by atoms with Gasteiger partial charge in [0.05, 0.1) is 26.8 Å². The number of carbonyl (C=O) groups excluding carboxylic acids is 1. The number of aromatic nitrogens is 2. The number of ether oxygens (including phenoxy) is 1. The van der Waals surface area contributed by atoms with Crippen molar-refractivity contribution in [3.63, 3.8) is 0 Å². The van der Waals surface area contributed by atoms with E-state index in [1.807, 2.05) is 4.90 Å². The average Bonchev–Trinajstić information content (AvgIpc) is 2.71. The monoisotopic (exact) mass is 592 g/mol. The van der Waals surface area contributed by atoms with Gasteiger partial charge in [-0.15, -0.1) is 11.8 Å². The summed E-state index contributed by atoms with van der Waals surface area (Å²) in [4.78, 5) is 34.2. The van der Waals surface area contributed by atoms with E-state index in [9.17, 15) is 18.0 Å². The van der Waals surface area contributed by atoms with Gasteiger partial charge in [0.2, 0.25) is 0 Å². The molecular weight excluding hydrogens is 568 g/mol. The third kappa shape index (κ3) is 5.19. The fraction of sp³-hybridized carbons (Fsp3) is 0.571. The molecule has 4 rings (SSSR count). The molecule has 2 aromatic rings. The molecule has 1 atom stereocenters. The van der Waals surface area contributed by atoms with Crippen LogP contribution in [0.25, 0.3) is 10.9 Å². The lowest BCUT2D eigenvalue weighted by Crippen LogP contribution is -2.58. The van der Waals surface area contributed by atoms with Crippen LogP contribution in [0.5, 0.6) is 0 Å². The predicted molar refractivity (Wildman–Crippen MR) is 138 cm³/mol. The molecule has 3 heterocycles. The Balaban J connectivity index is 1.81. The Bertz CT molecular complexity index is 1330. The quantitative estimate of drug-likeness (QED) is 0.534. The second-order valence-electron chi connectivity index (χ2n) is 9.48. The summed E-state index contributed by atoms with van der Waals surface area (Å²) < 4.78 is 32.4. The highest BCUT2D eigenvalue weighted by atomic mass is 79.9. The van der Waals surface area contributed by atoms with Crippen LogP contribution < -0.4 is 10.6 Å². The molecule has 1 amide bonds. The average molecular weight is 594 g/mol. The maximum atomic E-state index is 13.0. The van der Waals surface area contributed by atoms with Gasteiger partial charge in [-0.3, -0.25) is 4.57 Å². The van der Waals surface area contributed by atoms with Crippen molar-refractivity contribution in [2.75, 3.05) is 42.3 Å². The number of aryl methyl sites for hydroxylation is 1. The summed E-state index contributed by atoms with van der Waals surface area (Å²) >= 11 is 11.6. The molecule has 0 radical (unpaired) electrons. The first-order valence-corrected chi connectivity index (χ1v) is 14.9. The Morgan fingerprint density at radius 3 is 2.68 bits per heavy atom. The van der Waals surface area contributed by atoms with Crippen molar-refractivity contribution < 1.29 is 17.9 Å². The number of nitrogens with zero attached hydrogens (tertiary/aromatic N) is 4. The largest absolute Gasteiger partial charge is 0.444 e. The van der Waals surface area contributed by atoms with E-state index >= 15 is 0 Å². The van der Waals surface area contributed by atoms with Crippen molar-refractivity contribution in [1.29, 1.82) is 0 Å². The number of thioether (sulfide) groups is 1. The summed E-state index contributed by atoms with van der Waals surface area (Å²) in [5.74, 6) is 0.893. The maximum Gasteiger partial charge on any atom is 0.410 e. The minimum Gasteiger partial charge on any atom is -0.444 e. The van der Waals surface area contributed by atoms with Gasteiger partial charge in [-0.2, -0.15) is 4.98 Å². The van der Waals surface area contributed by atoms with Crippen molar-refractivity contribution in [1.82, 2.24) is 14.5 Å². The van der Waals surface area contributed by atoms with Crippen LogP contribution in [0.15, 0.2) is 20.2 Å². The van der Waals surface area contributed by atoms with E-state index in [-0.39, 0.29) is 12.3 Å². The van der Waals surface area contributed by atoms with E-state index in [0.29, 0.717) is 41.6 Å². The molecule has 2 aliphatic rings. The number of amides is 1. The van der Waals surface area contributed by atoms with Gasteiger partial charge in [-0.1, -0.05) is 11.6 Å². The molecule has 1 aromatic heterocycles. The Morgan fingerprint density at radius 2 is 2.03 bits per heavy atom. The molecule has 0 N–H and O–H groups in total. The fourth-order valence-corrected chi connectivity index (χ4v) is 7.22. The molecule has 34 heavy (non-hydrogen) atoms. The molecule has 13 heteroatoms. The van der Waals surface area contributed by atoms with Crippen LogP contribution >= 0.6 is 39.3 Å². The van der Waals surface area contributed by atoms with Gasteiger partial charge in [0, 0.05) is 48.5 Å². The van der Waals surface area contributed by atoms with Gasteiger partial charge in [0.25, 0.3) is 0 Å². The van der Waals surface area contributed by atoms with Gasteiger partial charge in [-0.25, -0.2) is 18.0 Å². The first kappa shape index (κ1) is 25.6. The minimum atomic E-state index is -3.41. The zero-order valence-corrected chi connectivity index (χ0v) is 23.3. The summed E-state index contributed by atoms with van der Waals surface area (Å²) in [7, 11) is -3.41. The van der Waals surface area contributed by atoms with Crippen LogP contribution in [0.3, 0.4) is 0 Å². The molecule has 1 aromatic carbocycles. The molecule has 0 bridgehead atoms. The highest BCUT2D eigenvalue weighted by Gasteiger charge is 2.36. The maximum absolute atomic E-state index is 13.0. The van der Waals surface area contributed by atoms with Crippen LogP contribution in [0.1, 0.15) is 20.8 Å². The van der Waals surface area contributed by atoms with Gasteiger partial charge in [0.1, 0.15) is 21.3 Å². The van der Waals surface area contributed by atoms with E-state index in [2.05, 4.69) is 20.9 Å². The predicted octanol–water partition coefficient (Wildman–Crippen LogP) is 3.39. The zero-order chi connectivity index (χ0) is 25.0. The summed E-state index contributed by atoms with van der Waals surface area (Å²) in [6.07, 6.45) is 0.654. The Kier molecular flexibility index (Phi) is 6.91. The highest BCUT2D eigenvalue weighted by Crippen LogP contribution is 2.43. The SMILES string of the molecule is CC(C)(C)OC(=O)N1CCN(c2nc(=O)n3c4c(c(Br)c(Cl)cc24)SCC3)[C@H](CS(C)(=O)=O)C1. The van der Waals surface area contributed by atoms with Crippen LogP contribution in [0, 0.1) is 0 Å². The van der Waals surface area contributed by atoms with Gasteiger partial charge in [-0.05, 0) is 42.8 Å². The Labute approximate surface area is 215 Å². The van der Waals surface area contributed by atoms with Crippen molar-refractivity contribution in [2.24, 2.45) is 0 Å². The van der Waals surface area contributed by atoms with Crippen molar-refractivity contribution in [2.45, 2.75) is 43.9 Å². The molecule has 0 saturated carbocycles. The Hall–Kier alpha value is -1.50. The van der Waals surface area contributed by atoms with E-state index < -0.39 is 33.3 Å². The molecular formula is C21H26BrClN4O5S2. The number of piperazine rings is 1. The number of hydrogen-bond donors (Lipinski definition) is 0. The smallest absolute Gasteiger partial charge is 0.410 e. The number of rotatable bonds is 3. The summed E-state index contributed by atoms with van der Waals surface area (Å²) in [6.45, 7) is 6.58. The molecule has 0 aliphatic carbocycles. The third-order valence-corrected chi connectivity index (χ3v) is 9.23. The lowest BCUT2D eigenvalue weighted by Gasteiger charge is -2.42. The topological polar surface area (TPSA) is 102 Å². The van der Waals surface area contributed by atoms with Crippen molar-refractivity contribution in [3.8, 4) is 0 Å². The van der Waals surface area contributed by atoms with Crippen LogP contribution in [-0.2, 0) is 21.1 Å². The van der Waals surface area contributed by atoms with E-state index in [1.54, 1.807) is 43.2 Å². The van der Waals surface area contributed by atoms with E-state index in [1.165, 1.54) is 4.90 Å². The standard InChI is InChI=1S/C21H26BrClN4O5S2/c1-21(2,3)32-20(29)25-5-6-26(12(10-25)11-34(4,30)31)18-13-9-14(23)15(22)17-16(13)27(7-8-33-17)19(28)24-18/h9,12H,5-8,10-11H2,1-4H3/t12-/m0/s1. The summed E-state index contributed by atoms with van der Waals surface area (Å²) in [5, 5.41) is 1.16. The molecule has 1 saturated heterocycles. The third-order valence-electron chi connectivity index (χ3n) is 5.56. The number of halogens is 2. The number of anilines is 1. The number of sulfone groups is 1. The number of hydrogen-bond acceptors (Lipinski definition) is 8. The number of carbonyl (C=O) groups is 1. The van der Waals surface area contributed by atoms with Crippen molar-refractivity contribution in [3.05, 3.63) is 26.0 Å². The number of benzene rings is 1. The van der Waals surface area contributed by atoms with E-state index in [4.69, 9.17) is 16.3 Å². The molecule has 1 fully saturated rings. The lowest BCUT2D eigenvalue weighted by atomic mass is 10.1. The van der Waals surface area contributed by atoms with Crippen LogP contribution in [0.4, 0.5) is 10.6 Å². The van der Waals surface area contributed by atoms with Gasteiger partial charge >= 0.3 is 11.8 Å². The summed E-state index contributed by atoms with van der Waals surface area (Å²) in [5.41, 5.74) is -0.337. The normalized spacial score (nSPS) is 18.9. The van der Waals surface area contributed by atoms with Gasteiger partial charge in [0.15, 0.2) is 0 Å². The Morgan fingerprint density at radius 1 is 1.32 bits per heavy atom. The molecule has 0 spiro atoms. The first-order valence-electron chi connectivity index (χ1n) is 10.7. The van der Waals surface area contributed by atoms with Gasteiger partial charge < -0.3 is 14.5 Å². The molecule has 9 nitrogen and oxygen atoms in total. The molecule has 2 aliphatic heterocycles. The summed E-state index contributed by atoms with van der Waals surface area (Å²) in [6, 6.07) is 1.15. The first-order chi connectivity index (χ1) is 15.7. The second kappa shape index (κ2) is 9.18. The second-order valence-corrected chi connectivity index (χ2v) is 14.0. The molecule has 186 valence electrons. The van der Waals surface area contributed by atoms with E-state index in [0.717, 1.165) is 21.1 Å².